The van der Waals surface area contributed by atoms with Gasteiger partial charge in [0.1, 0.15) is 6.04 Å². The first kappa shape index (κ1) is 16.2. The number of hydrogen-bond acceptors (Lipinski definition) is 4. The Labute approximate surface area is 115 Å². The molecule has 3 N–H and O–H groups in total. The number of carboxylic acid groups (broad SMARTS) is 1. The van der Waals surface area contributed by atoms with E-state index in [0.29, 0.717) is 5.56 Å². The number of carbonyl (C=O) groups is 1. The van der Waals surface area contributed by atoms with Gasteiger partial charge in [0.15, 0.2) is 11.5 Å². The Hall–Kier alpha value is -1.89. The minimum atomic E-state index is -3.15. The number of ether oxygens (including phenoxy) is 2. The molecule has 0 aromatic heterocycles. The Kier molecular flexibility index (Phi) is 4.88. The van der Waals surface area contributed by atoms with E-state index in [-0.39, 0.29) is 23.5 Å². The first-order valence-corrected chi connectivity index (χ1v) is 5.82. The van der Waals surface area contributed by atoms with Crippen LogP contribution in [0.5, 0.6) is 11.5 Å². The molecule has 0 radical (unpaired) electrons. The number of nitrogens with two attached hydrogens (primary N) is 1. The van der Waals surface area contributed by atoms with Crippen LogP contribution in [0.2, 0.25) is 0 Å². The molecule has 1 unspecified atom stereocenters. The van der Waals surface area contributed by atoms with Gasteiger partial charge in [-0.3, -0.25) is 4.79 Å². The maximum atomic E-state index is 13.6. The van der Waals surface area contributed by atoms with Crippen molar-refractivity contribution in [2.45, 2.75) is 25.3 Å². The molecular weight excluding hydrogens is 272 g/mol. The minimum absolute atomic E-state index is 0.0763. The van der Waals surface area contributed by atoms with Crippen molar-refractivity contribution in [3.05, 3.63) is 23.3 Å². The van der Waals surface area contributed by atoms with Crippen molar-refractivity contribution in [2.75, 3.05) is 14.2 Å². The molecule has 0 aliphatic rings. The lowest BCUT2D eigenvalue weighted by atomic mass is 9.99. The highest BCUT2D eigenvalue weighted by Gasteiger charge is 2.31. The van der Waals surface area contributed by atoms with Crippen molar-refractivity contribution in [3.63, 3.8) is 0 Å². The number of benzene rings is 1. The molecule has 0 saturated carbocycles. The standard InChI is InChI=1S/C13H17F2NO4/c1-13(14,15)8-4-7(5-9(16)12(17)18)6-10(19-2)11(8)20-3/h4,6,9H,5,16H2,1-3H3,(H,17,18). The van der Waals surface area contributed by atoms with Crippen LogP contribution in [-0.2, 0) is 17.1 Å². The van der Waals surface area contributed by atoms with Gasteiger partial charge in [-0.25, -0.2) is 8.78 Å². The van der Waals surface area contributed by atoms with Crippen LogP contribution < -0.4 is 15.2 Å². The molecule has 1 aromatic carbocycles. The number of rotatable bonds is 6. The number of methoxy groups -OCH3 is 2. The predicted molar refractivity (Wildman–Crippen MR) is 68.4 cm³/mol. The fourth-order valence-electron chi connectivity index (χ4n) is 1.81. The number of aliphatic carboxylic acids is 1. The topological polar surface area (TPSA) is 81.8 Å². The van der Waals surface area contributed by atoms with E-state index < -0.39 is 17.9 Å². The van der Waals surface area contributed by atoms with Crippen LogP contribution in [0.25, 0.3) is 0 Å². The van der Waals surface area contributed by atoms with Crippen molar-refractivity contribution in [2.24, 2.45) is 5.73 Å². The number of hydrogen-bond donors (Lipinski definition) is 2. The second kappa shape index (κ2) is 6.04. The average Bonchev–Trinajstić information content (AvgIpc) is 2.36. The molecule has 1 aromatic rings. The molecule has 5 nitrogen and oxygen atoms in total. The normalized spacial score (nSPS) is 12.9. The van der Waals surface area contributed by atoms with Crippen LogP contribution in [0, 0.1) is 0 Å². The number of carboxylic acids is 1. The van der Waals surface area contributed by atoms with Crippen LogP contribution in [0.1, 0.15) is 18.1 Å². The highest BCUT2D eigenvalue weighted by atomic mass is 19.3. The second-order valence-corrected chi connectivity index (χ2v) is 4.42. The average molecular weight is 289 g/mol. The van der Waals surface area contributed by atoms with Crippen molar-refractivity contribution in [3.8, 4) is 11.5 Å². The third-order valence-electron chi connectivity index (χ3n) is 2.78. The van der Waals surface area contributed by atoms with Gasteiger partial charge in [0.2, 0.25) is 0 Å². The molecule has 0 bridgehead atoms. The van der Waals surface area contributed by atoms with Gasteiger partial charge >= 0.3 is 5.97 Å². The fraction of sp³-hybridized carbons (Fsp3) is 0.462. The fourth-order valence-corrected chi connectivity index (χ4v) is 1.81. The van der Waals surface area contributed by atoms with Gasteiger partial charge in [0, 0.05) is 6.92 Å². The second-order valence-electron chi connectivity index (χ2n) is 4.42. The van der Waals surface area contributed by atoms with Crippen LogP contribution >= 0.6 is 0 Å². The van der Waals surface area contributed by atoms with Crippen molar-refractivity contribution < 1.29 is 28.2 Å². The van der Waals surface area contributed by atoms with E-state index in [2.05, 4.69) is 0 Å². The summed E-state index contributed by atoms with van der Waals surface area (Å²) in [7, 11) is 2.58. The SMILES string of the molecule is COc1cc(CC(N)C(=O)O)cc(C(C)(F)F)c1OC. The zero-order valence-corrected chi connectivity index (χ0v) is 11.4. The Balaban J connectivity index is 3.32. The van der Waals surface area contributed by atoms with E-state index in [1.165, 1.54) is 26.4 Å². The maximum Gasteiger partial charge on any atom is 0.320 e. The monoisotopic (exact) mass is 289 g/mol. The molecule has 0 saturated heterocycles. The molecule has 0 fully saturated rings. The summed E-state index contributed by atoms with van der Waals surface area (Å²) in [6, 6.07) is 1.45. The van der Waals surface area contributed by atoms with Crippen LogP contribution in [0.15, 0.2) is 12.1 Å². The molecule has 0 aliphatic heterocycles. The maximum absolute atomic E-state index is 13.6. The van der Waals surface area contributed by atoms with Gasteiger partial charge in [0.05, 0.1) is 19.8 Å². The highest BCUT2D eigenvalue weighted by Crippen LogP contribution is 2.41. The molecule has 112 valence electrons. The van der Waals surface area contributed by atoms with Gasteiger partial charge in [0.25, 0.3) is 5.92 Å². The molecule has 1 rings (SSSR count). The Bertz CT molecular complexity index is 500. The first-order valence-electron chi connectivity index (χ1n) is 5.82. The summed E-state index contributed by atoms with van der Waals surface area (Å²) in [6.45, 7) is 0.727. The summed E-state index contributed by atoms with van der Waals surface area (Å²) >= 11 is 0. The quantitative estimate of drug-likeness (QED) is 0.834. The summed E-state index contributed by atoms with van der Waals surface area (Å²) in [5.41, 5.74) is 5.38. The van der Waals surface area contributed by atoms with Gasteiger partial charge in [-0.05, 0) is 24.1 Å². The summed E-state index contributed by atoms with van der Waals surface area (Å²) in [5.74, 6) is -4.32. The van der Waals surface area contributed by atoms with Crippen LogP contribution in [0.3, 0.4) is 0 Å². The van der Waals surface area contributed by atoms with E-state index in [1.807, 2.05) is 0 Å². The zero-order valence-electron chi connectivity index (χ0n) is 11.4. The minimum Gasteiger partial charge on any atom is -0.493 e. The van der Waals surface area contributed by atoms with E-state index >= 15 is 0 Å². The smallest absolute Gasteiger partial charge is 0.320 e. The molecule has 0 aliphatic carbocycles. The molecule has 0 amide bonds. The lowest BCUT2D eigenvalue weighted by Crippen LogP contribution is -2.32. The van der Waals surface area contributed by atoms with Gasteiger partial charge in [-0.1, -0.05) is 0 Å². The third kappa shape index (κ3) is 3.57. The Morgan fingerprint density at radius 3 is 2.40 bits per heavy atom. The molecule has 0 heterocycles. The summed E-state index contributed by atoms with van der Waals surface area (Å²) < 4.78 is 37.2. The molecule has 20 heavy (non-hydrogen) atoms. The Morgan fingerprint density at radius 2 is 2.00 bits per heavy atom. The first-order chi connectivity index (χ1) is 9.20. The predicted octanol–water partition coefficient (Wildman–Crippen LogP) is 1.77. The lowest BCUT2D eigenvalue weighted by Gasteiger charge is -2.19. The number of alkyl halides is 2. The van der Waals surface area contributed by atoms with Gasteiger partial charge < -0.3 is 20.3 Å². The van der Waals surface area contributed by atoms with Crippen molar-refractivity contribution in [1.29, 1.82) is 0 Å². The molecule has 1 atom stereocenters. The summed E-state index contributed by atoms with van der Waals surface area (Å²) in [5, 5.41) is 8.77. The highest BCUT2D eigenvalue weighted by molar-refractivity contribution is 5.73. The van der Waals surface area contributed by atoms with Gasteiger partial charge in [-0.2, -0.15) is 0 Å². The van der Waals surface area contributed by atoms with Crippen LogP contribution in [-0.4, -0.2) is 31.3 Å². The number of halogens is 2. The molecular formula is C13H17F2NO4. The zero-order chi connectivity index (χ0) is 15.5. The Morgan fingerprint density at radius 1 is 1.40 bits per heavy atom. The van der Waals surface area contributed by atoms with Crippen molar-refractivity contribution >= 4 is 5.97 Å². The molecule has 7 heteroatoms. The largest absolute Gasteiger partial charge is 0.493 e. The van der Waals surface area contributed by atoms with Crippen LogP contribution in [0.4, 0.5) is 8.78 Å². The van der Waals surface area contributed by atoms with E-state index in [1.54, 1.807) is 0 Å². The van der Waals surface area contributed by atoms with Crippen molar-refractivity contribution in [1.82, 2.24) is 0 Å². The van der Waals surface area contributed by atoms with Gasteiger partial charge in [-0.15, -0.1) is 0 Å². The van der Waals surface area contributed by atoms with E-state index in [4.69, 9.17) is 20.3 Å². The van der Waals surface area contributed by atoms with E-state index in [0.717, 1.165) is 6.92 Å². The lowest BCUT2D eigenvalue weighted by molar-refractivity contribution is -0.138. The third-order valence-corrected chi connectivity index (χ3v) is 2.78. The summed E-state index contributed by atoms with van der Waals surface area (Å²) in [6.07, 6.45) is -0.0846. The summed E-state index contributed by atoms with van der Waals surface area (Å²) in [4.78, 5) is 10.7. The molecule has 0 spiro atoms. The van der Waals surface area contributed by atoms with E-state index in [9.17, 15) is 13.6 Å².